The molecular formula is C25H25N3O4. The normalized spacial score (nSPS) is 16.4. The van der Waals surface area contributed by atoms with Gasteiger partial charge >= 0.3 is 0 Å². The molecule has 32 heavy (non-hydrogen) atoms. The van der Waals surface area contributed by atoms with E-state index in [0.29, 0.717) is 48.3 Å². The third kappa shape index (κ3) is 3.86. The third-order valence-electron chi connectivity index (χ3n) is 6.06. The molecule has 1 atom stereocenters. The quantitative estimate of drug-likeness (QED) is 0.447. The molecule has 4 aromatic rings. The summed E-state index contributed by atoms with van der Waals surface area (Å²) < 4.78 is 16.7. The summed E-state index contributed by atoms with van der Waals surface area (Å²) >= 11 is 0. The minimum atomic E-state index is -0.0981. The Morgan fingerprint density at radius 3 is 2.94 bits per heavy atom. The van der Waals surface area contributed by atoms with Crippen molar-refractivity contribution in [1.29, 1.82) is 0 Å². The van der Waals surface area contributed by atoms with Gasteiger partial charge in [-0.2, -0.15) is 4.98 Å². The first kappa shape index (κ1) is 20.3. The van der Waals surface area contributed by atoms with Gasteiger partial charge in [0.2, 0.25) is 11.7 Å². The molecule has 5 rings (SSSR count). The molecule has 7 heteroatoms. The number of nitrogens with zero attached hydrogens (tertiary/aromatic N) is 3. The van der Waals surface area contributed by atoms with Crippen molar-refractivity contribution in [3.8, 4) is 17.1 Å². The van der Waals surface area contributed by atoms with Crippen LogP contribution in [0.4, 0.5) is 0 Å². The number of benzene rings is 2. The van der Waals surface area contributed by atoms with Gasteiger partial charge in [0.05, 0.1) is 7.11 Å². The largest absolute Gasteiger partial charge is 0.493 e. The summed E-state index contributed by atoms with van der Waals surface area (Å²) in [7, 11) is 1.59. The molecule has 1 aliphatic rings. The molecule has 164 valence electrons. The van der Waals surface area contributed by atoms with E-state index in [0.717, 1.165) is 29.4 Å². The Hall–Kier alpha value is -3.61. The Labute approximate surface area is 186 Å². The molecule has 0 spiro atoms. The molecule has 1 aliphatic heterocycles. The number of amides is 1. The van der Waals surface area contributed by atoms with E-state index in [2.05, 4.69) is 10.1 Å². The number of methoxy groups -OCH3 is 1. The van der Waals surface area contributed by atoms with Gasteiger partial charge in [0.25, 0.3) is 5.91 Å². The number of carbonyl (C=O) groups is 1. The van der Waals surface area contributed by atoms with E-state index in [4.69, 9.17) is 13.7 Å². The second-order valence-corrected chi connectivity index (χ2v) is 8.28. The van der Waals surface area contributed by atoms with Crippen molar-refractivity contribution >= 4 is 16.9 Å². The van der Waals surface area contributed by atoms with Crippen molar-refractivity contribution in [2.45, 2.75) is 26.2 Å². The summed E-state index contributed by atoms with van der Waals surface area (Å²) in [5, 5.41) is 5.02. The first-order chi connectivity index (χ1) is 15.6. The van der Waals surface area contributed by atoms with E-state index < -0.39 is 0 Å². The van der Waals surface area contributed by atoms with Gasteiger partial charge in [-0.15, -0.1) is 0 Å². The molecule has 2 aromatic carbocycles. The van der Waals surface area contributed by atoms with E-state index in [1.807, 2.05) is 54.3 Å². The Kier molecular flexibility index (Phi) is 5.39. The van der Waals surface area contributed by atoms with Crippen molar-refractivity contribution in [3.63, 3.8) is 0 Å². The molecule has 3 heterocycles. The monoisotopic (exact) mass is 431 g/mol. The fourth-order valence-electron chi connectivity index (χ4n) is 4.39. The van der Waals surface area contributed by atoms with E-state index in [1.54, 1.807) is 13.2 Å². The Bertz CT molecular complexity index is 1260. The summed E-state index contributed by atoms with van der Waals surface area (Å²) in [4.78, 5) is 19.6. The van der Waals surface area contributed by atoms with Crippen LogP contribution in [-0.2, 0) is 6.42 Å². The summed E-state index contributed by atoms with van der Waals surface area (Å²) in [5.41, 5.74) is 2.68. The first-order valence-electron chi connectivity index (χ1n) is 10.9. The number of furan rings is 1. The fraction of sp³-hybridized carbons (Fsp3) is 0.320. The van der Waals surface area contributed by atoms with Crippen molar-refractivity contribution in [3.05, 3.63) is 65.7 Å². The summed E-state index contributed by atoms with van der Waals surface area (Å²) in [6.07, 6.45) is 2.59. The van der Waals surface area contributed by atoms with Crippen LogP contribution < -0.4 is 4.74 Å². The predicted molar refractivity (Wildman–Crippen MR) is 120 cm³/mol. The van der Waals surface area contributed by atoms with Crippen molar-refractivity contribution < 1.29 is 18.5 Å². The topological polar surface area (TPSA) is 81.6 Å². The van der Waals surface area contributed by atoms with Gasteiger partial charge in [-0.25, -0.2) is 0 Å². The van der Waals surface area contributed by atoms with E-state index in [9.17, 15) is 4.79 Å². The van der Waals surface area contributed by atoms with Crippen molar-refractivity contribution in [2.75, 3.05) is 20.2 Å². The molecule has 1 fully saturated rings. The lowest BCUT2D eigenvalue weighted by molar-refractivity contribution is 0.0638. The maximum atomic E-state index is 13.1. The minimum absolute atomic E-state index is 0.0981. The van der Waals surface area contributed by atoms with Crippen LogP contribution in [0, 0.1) is 12.8 Å². The van der Waals surface area contributed by atoms with Gasteiger partial charge in [-0.1, -0.05) is 41.6 Å². The van der Waals surface area contributed by atoms with Crippen LogP contribution in [-0.4, -0.2) is 41.1 Å². The van der Waals surface area contributed by atoms with Gasteiger partial charge in [0.15, 0.2) is 17.1 Å². The Balaban J connectivity index is 1.29. The number of piperidine rings is 1. The molecule has 1 amide bonds. The average molecular weight is 431 g/mol. The number of rotatable bonds is 5. The molecule has 0 saturated carbocycles. The fourth-order valence-corrected chi connectivity index (χ4v) is 4.39. The van der Waals surface area contributed by atoms with Gasteiger partial charge in [0, 0.05) is 30.5 Å². The zero-order chi connectivity index (χ0) is 22.1. The molecule has 0 aliphatic carbocycles. The number of carbonyl (C=O) groups excluding carboxylic acids is 1. The SMILES string of the molecule is COc1cccc2cc(C(=O)N3CCC[C@H](Cc4nc(-c5ccccc5C)no4)C3)oc12. The summed E-state index contributed by atoms with van der Waals surface area (Å²) in [5.74, 6) is 2.34. The average Bonchev–Trinajstić information content (AvgIpc) is 3.46. The number of aryl methyl sites for hydroxylation is 1. The molecule has 1 saturated heterocycles. The van der Waals surface area contributed by atoms with Crippen molar-refractivity contribution in [2.24, 2.45) is 5.92 Å². The van der Waals surface area contributed by atoms with Crippen LogP contribution in [0.2, 0.25) is 0 Å². The highest BCUT2D eigenvalue weighted by molar-refractivity contribution is 5.97. The van der Waals surface area contributed by atoms with Crippen LogP contribution in [0.25, 0.3) is 22.4 Å². The highest BCUT2D eigenvalue weighted by Crippen LogP contribution is 2.30. The summed E-state index contributed by atoms with van der Waals surface area (Å²) in [6, 6.07) is 15.4. The Morgan fingerprint density at radius 1 is 1.22 bits per heavy atom. The molecule has 0 bridgehead atoms. The molecule has 0 radical (unpaired) electrons. The van der Waals surface area contributed by atoms with Crippen LogP contribution >= 0.6 is 0 Å². The number of ether oxygens (including phenoxy) is 1. The molecule has 0 N–H and O–H groups in total. The maximum Gasteiger partial charge on any atom is 0.289 e. The van der Waals surface area contributed by atoms with Gasteiger partial charge in [-0.3, -0.25) is 4.79 Å². The number of fused-ring (bicyclic) bond motifs is 1. The number of likely N-dealkylation sites (tertiary alicyclic amines) is 1. The Morgan fingerprint density at radius 2 is 2.09 bits per heavy atom. The van der Waals surface area contributed by atoms with Crippen LogP contribution in [0.15, 0.2) is 57.5 Å². The van der Waals surface area contributed by atoms with Crippen LogP contribution in [0.1, 0.15) is 34.9 Å². The predicted octanol–water partition coefficient (Wildman–Crippen LogP) is 4.89. The number of hydrogen-bond acceptors (Lipinski definition) is 6. The lowest BCUT2D eigenvalue weighted by atomic mass is 9.94. The number of aromatic nitrogens is 2. The molecule has 7 nitrogen and oxygen atoms in total. The molecular weight excluding hydrogens is 406 g/mol. The number of hydrogen-bond donors (Lipinski definition) is 0. The second-order valence-electron chi connectivity index (χ2n) is 8.28. The standard InChI is InChI=1S/C25H25N3O4/c1-16-7-3-4-10-19(16)24-26-22(32-27-24)13-17-8-6-12-28(15-17)25(29)21-14-18-9-5-11-20(30-2)23(18)31-21/h3-5,7,9-11,14,17H,6,8,12-13,15H2,1-2H3/t17-/m1/s1. The van der Waals surface area contributed by atoms with E-state index in [1.165, 1.54) is 0 Å². The maximum absolute atomic E-state index is 13.1. The van der Waals surface area contributed by atoms with E-state index >= 15 is 0 Å². The second kappa shape index (κ2) is 8.49. The lowest BCUT2D eigenvalue weighted by Crippen LogP contribution is -2.40. The van der Waals surface area contributed by atoms with E-state index in [-0.39, 0.29) is 11.8 Å². The third-order valence-corrected chi connectivity index (χ3v) is 6.06. The smallest absolute Gasteiger partial charge is 0.289 e. The van der Waals surface area contributed by atoms with Gasteiger partial charge in [-0.05, 0) is 43.4 Å². The lowest BCUT2D eigenvalue weighted by Gasteiger charge is -2.31. The van der Waals surface area contributed by atoms with Crippen molar-refractivity contribution in [1.82, 2.24) is 15.0 Å². The highest BCUT2D eigenvalue weighted by Gasteiger charge is 2.28. The molecule has 2 aromatic heterocycles. The van der Waals surface area contributed by atoms with Crippen LogP contribution in [0.3, 0.4) is 0 Å². The minimum Gasteiger partial charge on any atom is -0.493 e. The van der Waals surface area contributed by atoms with Crippen LogP contribution in [0.5, 0.6) is 5.75 Å². The molecule has 0 unspecified atom stereocenters. The van der Waals surface area contributed by atoms with Gasteiger partial charge < -0.3 is 18.6 Å². The highest BCUT2D eigenvalue weighted by atomic mass is 16.5. The zero-order valence-corrected chi connectivity index (χ0v) is 18.2. The summed E-state index contributed by atoms with van der Waals surface area (Å²) in [6.45, 7) is 3.38. The first-order valence-corrected chi connectivity index (χ1v) is 10.9. The number of para-hydroxylation sites is 1. The van der Waals surface area contributed by atoms with Gasteiger partial charge in [0.1, 0.15) is 0 Å². The zero-order valence-electron chi connectivity index (χ0n) is 18.2.